The van der Waals surface area contributed by atoms with Gasteiger partial charge in [-0.1, -0.05) is 12.1 Å². The van der Waals surface area contributed by atoms with Crippen molar-refractivity contribution in [2.24, 2.45) is 0 Å². The topological polar surface area (TPSA) is 59.0 Å². The number of nitrogens with one attached hydrogen (secondary N) is 2. The molecule has 0 fully saturated rings. The number of likely N-dealkylation sites (N-methyl/N-ethyl adjacent to an activating group) is 1. The first-order valence-corrected chi connectivity index (χ1v) is 6.12. The number of nitrogens with zero attached hydrogens (tertiary/aromatic N) is 2. The lowest BCUT2D eigenvalue weighted by Gasteiger charge is -2.23. The van der Waals surface area contributed by atoms with Gasteiger partial charge in [-0.15, -0.1) is 0 Å². The van der Waals surface area contributed by atoms with Gasteiger partial charge in [0.1, 0.15) is 0 Å². The van der Waals surface area contributed by atoms with Gasteiger partial charge in [0.25, 0.3) is 0 Å². The molecule has 1 amide bonds. The summed E-state index contributed by atoms with van der Waals surface area (Å²) < 4.78 is 1.86. The van der Waals surface area contributed by atoms with E-state index >= 15 is 0 Å². The van der Waals surface area contributed by atoms with Gasteiger partial charge in [0, 0.05) is 12.4 Å². The van der Waals surface area contributed by atoms with Gasteiger partial charge in [0.05, 0.1) is 23.2 Å². The fourth-order valence-electron chi connectivity index (χ4n) is 1.60. The first-order chi connectivity index (χ1) is 9.04. The van der Waals surface area contributed by atoms with Crippen LogP contribution in [0.15, 0.2) is 43.0 Å². The average molecular weight is 258 g/mol. The third kappa shape index (κ3) is 2.82. The number of rotatable bonds is 4. The van der Waals surface area contributed by atoms with Crippen LogP contribution in [0.25, 0.3) is 5.69 Å². The zero-order chi connectivity index (χ0) is 13.9. The molecule has 100 valence electrons. The summed E-state index contributed by atoms with van der Waals surface area (Å²) in [5, 5.41) is 5.92. The molecule has 0 radical (unpaired) electrons. The summed E-state index contributed by atoms with van der Waals surface area (Å²) in [6.45, 7) is 3.67. The number of imidazole rings is 1. The van der Waals surface area contributed by atoms with Gasteiger partial charge in [0.15, 0.2) is 0 Å². The van der Waals surface area contributed by atoms with Gasteiger partial charge in [-0.05, 0) is 33.0 Å². The van der Waals surface area contributed by atoms with Gasteiger partial charge in [-0.3, -0.25) is 4.79 Å². The van der Waals surface area contributed by atoms with Crippen molar-refractivity contribution in [3.63, 3.8) is 0 Å². The second-order valence-corrected chi connectivity index (χ2v) is 4.82. The first kappa shape index (κ1) is 13.3. The summed E-state index contributed by atoms with van der Waals surface area (Å²) in [6.07, 6.45) is 5.25. The van der Waals surface area contributed by atoms with Gasteiger partial charge >= 0.3 is 0 Å². The SMILES string of the molecule is CNC(C)(C)C(=O)Nc1ccccc1-n1ccnc1. The van der Waals surface area contributed by atoms with Gasteiger partial charge < -0.3 is 15.2 Å². The number of carbonyl (C=O) groups excluding carboxylic acids is 1. The highest BCUT2D eigenvalue weighted by Crippen LogP contribution is 2.20. The Hall–Kier alpha value is -2.14. The summed E-state index contributed by atoms with van der Waals surface area (Å²) in [6, 6.07) is 7.62. The molecule has 0 atom stereocenters. The van der Waals surface area contributed by atoms with Crippen molar-refractivity contribution in [2.45, 2.75) is 19.4 Å². The van der Waals surface area contributed by atoms with Gasteiger partial charge in [-0.25, -0.2) is 4.98 Å². The zero-order valence-electron chi connectivity index (χ0n) is 11.3. The van der Waals surface area contributed by atoms with Crippen LogP contribution in [0.4, 0.5) is 5.69 Å². The van der Waals surface area contributed by atoms with E-state index in [1.165, 1.54) is 0 Å². The van der Waals surface area contributed by atoms with Crippen LogP contribution in [0.5, 0.6) is 0 Å². The molecule has 2 rings (SSSR count). The van der Waals surface area contributed by atoms with Crippen LogP contribution in [0.3, 0.4) is 0 Å². The second kappa shape index (κ2) is 5.24. The van der Waals surface area contributed by atoms with Gasteiger partial charge in [-0.2, -0.15) is 0 Å². The molecule has 19 heavy (non-hydrogen) atoms. The number of aromatic nitrogens is 2. The number of hydrogen-bond donors (Lipinski definition) is 2. The van der Waals surface area contributed by atoms with Crippen molar-refractivity contribution in [2.75, 3.05) is 12.4 Å². The quantitative estimate of drug-likeness (QED) is 0.879. The van der Waals surface area contributed by atoms with Crippen LogP contribution in [0.2, 0.25) is 0 Å². The van der Waals surface area contributed by atoms with E-state index in [0.29, 0.717) is 0 Å². The lowest BCUT2D eigenvalue weighted by Crippen LogP contribution is -2.48. The Morgan fingerprint density at radius 2 is 2.05 bits per heavy atom. The molecule has 0 aliphatic carbocycles. The van der Waals surface area contributed by atoms with Crippen LogP contribution in [-0.2, 0) is 4.79 Å². The molecular formula is C14H18N4O. The summed E-state index contributed by atoms with van der Waals surface area (Å²) in [7, 11) is 1.77. The van der Waals surface area contributed by atoms with E-state index in [9.17, 15) is 4.79 Å². The maximum atomic E-state index is 12.2. The minimum atomic E-state index is -0.623. The van der Waals surface area contributed by atoms with Crippen molar-refractivity contribution < 1.29 is 4.79 Å². The van der Waals surface area contributed by atoms with Gasteiger partial charge in [0.2, 0.25) is 5.91 Å². The van der Waals surface area contributed by atoms with Crippen molar-refractivity contribution in [3.8, 4) is 5.69 Å². The molecule has 5 nitrogen and oxygen atoms in total. The molecule has 0 aliphatic rings. The Morgan fingerprint density at radius 1 is 1.32 bits per heavy atom. The molecule has 0 spiro atoms. The highest BCUT2D eigenvalue weighted by Gasteiger charge is 2.25. The van der Waals surface area contributed by atoms with Crippen LogP contribution in [-0.4, -0.2) is 28.0 Å². The summed E-state index contributed by atoms with van der Waals surface area (Å²) in [4.78, 5) is 16.2. The standard InChI is InChI=1S/C14H18N4O/c1-14(2,15-3)13(19)17-11-6-4-5-7-12(11)18-9-8-16-10-18/h4-10,15H,1-3H3,(H,17,19). The summed E-state index contributed by atoms with van der Waals surface area (Å²) in [5.74, 6) is -0.0810. The minimum Gasteiger partial charge on any atom is -0.323 e. The molecule has 0 saturated heterocycles. The van der Waals surface area contributed by atoms with E-state index in [1.54, 1.807) is 19.6 Å². The molecule has 1 heterocycles. The molecule has 0 bridgehead atoms. The lowest BCUT2D eigenvalue weighted by molar-refractivity contribution is -0.121. The third-order valence-corrected chi connectivity index (χ3v) is 3.13. The molecule has 2 aromatic rings. The normalized spacial score (nSPS) is 11.3. The molecule has 2 N–H and O–H groups in total. The number of benzene rings is 1. The zero-order valence-corrected chi connectivity index (χ0v) is 11.3. The van der Waals surface area contributed by atoms with E-state index < -0.39 is 5.54 Å². The molecule has 0 unspecified atom stereocenters. The average Bonchev–Trinajstić information content (AvgIpc) is 2.93. The van der Waals surface area contributed by atoms with E-state index in [-0.39, 0.29) is 5.91 Å². The molecule has 1 aromatic carbocycles. The van der Waals surface area contributed by atoms with Crippen LogP contribution >= 0.6 is 0 Å². The lowest BCUT2D eigenvalue weighted by atomic mass is 10.0. The largest absolute Gasteiger partial charge is 0.323 e. The number of amides is 1. The second-order valence-electron chi connectivity index (χ2n) is 4.82. The third-order valence-electron chi connectivity index (χ3n) is 3.13. The molecule has 0 aliphatic heterocycles. The molecule has 1 aromatic heterocycles. The Labute approximate surface area is 112 Å². The predicted octanol–water partition coefficient (Wildman–Crippen LogP) is 1.81. The highest BCUT2D eigenvalue weighted by atomic mass is 16.2. The Bertz CT molecular complexity index is 561. The van der Waals surface area contributed by atoms with E-state index in [1.807, 2.05) is 48.9 Å². The monoisotopic (exact) mass is 258 g/mol. The van der Waals surface area contributed by atoms with E-state index in [4.69, 9.17) is 0 Å². The Kier molecular flexibility index (Phi) is 3.66. The Morgan fingerprint density at radius 3 is 2.68 bits per heavy atom. The van der Waals surface area contributed by atoms with Crippen molar-refractivity contribution in [1.29, 1.82) is 0 Å². The van der Waals surface area contributed by atoms with Crippen molar-refractivity contribution >= 4 is 11.6 Å². The molecular weight excluding hydrogens is 240 g/mol. The number of para-hydroxylation sites is 2. The molecule has 5 heteroatoms. The summed E-state index contributed by atoms with van der Waals surface area (Å²) in [5.41, 5.74) is 1.02. The highest BCUT2D eigenvalue weighted by molar-refractivity contribution is 5.98. The number of anilines is 1. The fourth-order valence-corrected chi connectivity index (χ4v) is 1.60. The van der Waals surface area contributed by atoms with Crippen molar-refractivity contribution in [3.05, 3.63) is 43.0 Å². The minimum absolute atomic E-state index is 0.0810. The first-order valence-electron chi connectivity index (χ1n) is 6.12. The maximum absolute atomic E-state index is 12.2. The van der Waals surface area contributed by atoms with Crippen molar-refractivity contribution in [1.82, 2.24) is 14.9 Å². The Balaban J connectivity index is 2.29. The van der Waals surface area contributed by atoms with Crippen LogP contribution < -0.4 is 10.6 Å². The van der Waals surface area contributed by atoms with Crippen LogP contribution in [0, 0.1) is 0 Å². The summed E-state index contributed by atoms with van der Waals surface area (Å²) >= 11 is 0. The number of carbonyl (C=O) groups is 1. The van der Waals surface area contributed by atoms with E-state index in [0.717, 1.165) is 11.4 Å². The molecule has 0 saturated carbocycles. The fraction of sp³-hybridized carbons (Fsp3) is 0.286. The predicted molar refractivity (Wildman–Crippen MR) is 75.3 cm³/mol. The number of hydrogen-bond acceptors (Lipinski definition) is 3. The maximum Gasteiger partial charge on any atom is 0.244 e. The van der Waals surface area contributed by atoms with E-state index in [2.05, 4.69) is 15.6 Å². The smallest absolute Gasteiger partial charge is 0.244 e. The van der Waals surface area contributed by atoms with Crippen LogP contribution in [0.1, 0.15) is 13.8 Å².